The average Bonchev–Trinajstić information content (AvgIpc) is 3.49. The highest BCUT2D eigenvalue weighted by atomic mass is 16.7. The number of rotatable bonds is 5. The zero-order valence-electron chi connectivity index (χ0n) is 27.2. The van der Waals surface area contributed by atoms with Gasteiger partial charge in [-0.15, -0.1) is 0 Å². The Morgan fingerprint density at radius 1 is 1.02 bits per heavy atom. The summed E-state index contributed by atoms with van der Waals surface area (Å²) in [5.41, 5.74) is -8.08. The fourth-order valence-corrected chi connectivity index (χ4v) is 11.7. The van der Waals surface area contributed by atoms with Crippen LogP contribution in [0.5, 0.6) is 0 Å². The van der Waals surface area contributed by atoms with Crippen molar-refractivity contribution in [3.8, 4) is 0 Å². The molecule has 0 aromatic rings. The van der Waals surface area contributed by atoms with Gasteiger partial charge in [0.2, 0.25) is 6.29 Å². The first-order valence-electron chi connectivity index (χ1n) is 16.2. The number of carbonyl (C=O) groups excluding carboxylic acids is 3. The number of carbonyl (C=O) groups is 3. The fraction of sp³-hybridized carbons (Fsp3) is 0.788. The molecule has 4 saturated heterocycles. The number of allylic oxidation sites excluding steroid dienone is 1. The number of hydrogen-bond acceptors (Lipinski definition) is 14. The summed E-state index contributed by atoms with van der Waals surface area (Å²) in [6.07, 6.45) is -3.30. The lowest BCUT2D eigenvalue weighted by atomic mass is 9.38. The number of ether oxygens (including phenoxy) is 8. The molecule has 0 aromatic carbocycles. The summed E-state index contributed by atoms with van der Waals surface area (Å²) < 4.78 is 48.0. The predicted molar refractivity (Wildman–Crippen MR) is 154 cm³/mol. The Balaban J connectivity index is 1.32. The van der Waals surface area contributed by atoms with Gasteiger partial charge in [0.05, 0.1) is 58.1 Å². The molecule has 3 aliphatic carbocycles. The smallest absolute Gasteiger partial charge is 0.335 e. The largest absolute Gasteiger partial charge is 0.469 e. The van der Waals surface area contributed by atoms with E-state index in [1.54, 1.807) is 32.9 Å². The minimum atomic E-state index is -1.66. The first kappa shape index (κ1) is 31.7. The van der Waals surface area contributed by atoms with Crippen LogP contribution in [0, 0.1) is 34.0 Å². The second-order valence-corrected chi connectivity index (χ2v) is 15.0. The molecule has 16 atom stereocenters. The molecule has 8 rings (SSSR count). The van der Waals surface area contributed by atoms with E-state index in [-0.39, 0.29) is 19.6 Å². The number of methoxy groups -OCH3 is 2. The van der Waals surface area contributed by atoms with Crippen LogP contribution in [0.3, 0.4) is 0 Å². The van der Waals surface area contributed by atoms with E-state index in [0.29, 0.717) is 12.0 Å². The monoisotopic (exact) mass is 662 g/mol. The van der Waals surface area contributed by atoms with Crippen LogP contribution in [0.15, 0.2) is 24.0 Å². The molecule has 1 spiro atoms. The predicted octanol–water partition coefficient (Wildman–Crippen LogP) is -0.0939. The van der Waals surface area contributed by atoms with Crippen LogP contribution in [0.1, 0.15) is 40.5 Å². The van der Waals surface area contributed by atoms with Gasteiger partial charge in [0.1, 0.15) is 22.7 Å². The van der Waals surface area contributed by atoms with Gasteiger partial charge in [0.25, 0.3) is 0 Å². The molecule has 14 nitrogen and oxygen atoms in total. The van der Waals surface area contributed by atoms with Crippen LogP contribution in [-0.2, 0) is 52.3 Å². The zero-order chi connectivity index (χ0) is 33.7. The third kappa shape index (κ3) is 3.20. The SMILES string of the molecule is CC=C(C)C(=O)OC1CC(O)C23COC(C(=O)OC)C2C(C)(C24OC2(C)C2CC4OC4OC=CC42O)C(O)C2OCC1(C(=O)OC)C23. The Morgan fingerprint density at radius 3 is 2.45 bits per heavy atom. The molecule has 8 aliphatic rings. The van der Waals surface area contributed by atoms with Crippen molar-refractivity contribution < 1.29 is 67.6 Å². The summed E-state index contributed by atoms with van der Waals surface area (Å²) in [4.78, 5) is 40.8. The van der Waals surface area contributed by atoms with Crippen molar-refractivity contribution in [2.75, 3.05) is 27.4 Å². The van der Waals surface area contributed by atoms with Gasteiger partial charge in [0, 0.05) is 40.6 Å². The van der Waals surface area contributed by atoms with Crippen molar-refractivity contribution >= 4 is 17.9 Å². The van der Waals surface area contributed by atoms with E-state index in [4.69, 9.17) is 37.9 Å². The van der Waals surface area contributed by atoms with E-state index < -0.39 is 112 Å². The molecule has 3 saturated carbocycles. The summed E-state index contributed by atoms with van der Waals surface area (Å²) in [5.74, 6) is -4.66. The van der Waals surface area contributed by atoms with Crippen LogP contribution in [0.4, 0.5) is 0 Å². The molecule has 0 aromatic heterocycles. The highest BCUT2D eigenvalue weighted by molar-refractivity contribution is 5.88. The fourth-order valence-electron chi connectivity index (χ4n) is 11.7. The second kappa shape index (κ2) is 9.55. The molecule has 5 heterocycles. The number of hydrogen-bond donors (Lipinski definition) is 3. The molecular weight excluding hydrogens is 620 g/mol. The third-order valence-electron chi connectivity index (χ3n) is 13.8. The van der Waals surface area contributed by atoms with E-state index in [1.165, 1.54) is 20.5 Å². The lowest BCUT2D eigenvalue weighted by molar-refractivity contribution is -0.295. The molecule has 0 radical (unpaired) electrons. The highest BCUT2D eigenvalue weighted by Crippen LogP contribution is 2.82. The summed E-state index contributed by atoms with van der Waals surface area (Å²) in [5, 5.41) is 36.9. The molecule has 5 aliphatic heterocycles. The Hall–Kier alpha value is -2.59. The molecule has 258 valence electrons. The maximum absolute atomic E-state index is 14.0. The van der Waals surface area contributed by atoms with Crippen LogP contribution in [-0.4, -0.2) is 120 Å². The number of esters is 3. The lowest BCUT2D eigenvalue weighted by Crippen LogP contribution is -2.77. The number of fused-ring (bicyclic) bond motifs is 7. The maximum Gasteiger partial charge on any atom is 0.335 e. The zero-order valence-corrected chi connectivity index (χ0v) is 27.2. The molecule has 16 unspecified atom stereocenters. The third-order valence-corrected chi connectivity index (χ3v) is 13.8. The van der Waals surface area contributed by atoms with Crippen molar-refractivity contribution in [1.29, 1.82) is 0 Å². The number of epoxide rings is 1. The number of aliphatic hydroxyl groups excluding tert-OH is 2. The van der Waals surface area contributed by atoms with Gasteiger partial charge in [-0.3, -0.25) is 4.79 Å². The number of aliphatic hydroxyl groups is 3. The molecule has 47 heavy (non-hydrogen) atoms. The molecule has 14 heteroatoms. The van der Waals surface area contributed by atoms with Crippen LogP contribution >= 0.6 is 0 Å². The first-order valence-corrected chi connectivity index (χ1v) is 16.2. The summed E-state index contributed by atoms with van der Waals surface area (Å²) in [6.45, 7) is 6.42. The quantitative estimate of drug-likeness (QED) is 0.153. The molecule has 3 N–H and O–H groups in total. The van der Waals surface area contributed by atoms with Gasteiger partial charge in [-0.05, 0) is 33.3 Å². The highest BCUT2D eigenvalue weighted by Gasteiger charge is 2.95. The van der Waals surface area contributed by atoms with Crippen molar-refractivity contribution in [2.45, 2.75) is 100 Å². The average molecular weight is 663 g/mol. The van der Waals surface area contributed by atoms with Gasteiger partial charge in [-0.2, -0.15) is 0 Å². The Morgan fingerprint density at radius 2 is 1.77 bits per heavy atom. The van der Waals surface area contributed by atoms with Gasteiger partial charge in [-0.1, -0.05) is 13.0 Å². The van der Waals surface area contributed by atoms with E-state index in [2.05, 4.69) is 0 Å². The topological polar surface area (TPSA) is 189 Å². The van der Waals surface area contributed by atoms with Crippen molar-refractivity contribution in [3.63, 3.8) is 0 Å². The van der Waals surface area contributed by atoms with E-state index >= 15 is 0 Å². The summed E-state index contributed by atoms with van der Waals surface area (Å²) in [6, 6.07) is 0. The van der Waals surface area contributed by atoms with Gasteiger partial charge < -0.3 is 53.2 Å². The van der Waals surface area contributed by atoms with E-state index in [9.17, 15) is 29.7 Å². The lowest BCUT2D eigenvalue weighted by Gasteiger charge is -2.65. The van der Waals surface area contributed by atoms with Crippen LogP contribution in [0.25, 0.3) is 0 Å². The summed E-state index contributed by atoms with van der Waals surface area (Å²) >= 11 is 0. The Labute approximate surface area is 271 Å². The molecule has 7 fully saturated rings. The molecular formula is C33H42O14. The maximum atomic E-state index is 14.0. The van der Waals surface area contributed by atoms with Crippen molar-refractivity contribution in [3.05, 3.63) is 24.0 Å². The van der Waals surface area contributed by atoms with E-state index in [0.717, 1.165) is 0 Å². The normalized spacial score (nSPS) is 56.1. The van der Waals surface area contributed by atoms with Gasteiger partial charge in [0.15, 0.2) is 11.7 Å². The molecule has 2 bridgehead atoms. The second-order valence-electron chi connectivity index (χ2n) is 15.0. The minimum Gasteiger partial charge on any atom is -0.469 e. The Kier molecular flexibility index (Phi) is 6.44. The summed E-state index contributed by atoms with van der Waals surface area (Å²) in [7, 11) is 2.45. The van der Waals surface area contributed by atoms with Crippen molar-refractivity contribution in [1.82, 2.24) is 0 Å². The Bertz CT molecular complexity index is 1490. The van der Waals surface area contributed by atoms with E-state index in [1.807, 2.05) is 6.92 Å². The van der Waals surface area contributed by atoms with Gasteiger partial charge >= 0.3 is 17.9 Å². The van der Waals surface area contributed by atoms with Crippen LogP contribution in [0.2, 0.25) is 0 Å². The van der Waals surface area contributed by atoms with Crippen LogP contribution < -0.4 is 0 Å². The first-order chi connectivity index (χ1) is 22.2. The van der Waals surface area contributed by atoms with Gasteiger partial charge in [-0.25, -0.2) is 9.59 Å². The standard InChI is InChI=1S/C33H42O14/c1-7-14(2)24(36)45-17-11-16(34)30-12-44-20(25(37)40-5)21(30)28(3,23(35)19-22(30)31(17,13-43-19)26(38)41-6)33-18-10-15(29(33,4)47-33)32(39)8-9-42-27(32)46-18/h7-9,15-23,27,34-35,39H,10-13H2,1-6H3. The van der Waals surface area contributed by atoms with Crippen molar-refractivity contribution in [2.24, 2.45) is 34.0 Å². The molecule has 0 amide bonds. The minimum absolute atomic E-state index is 0.196.